The largest absolute Gasteiger partial charge is 0.494 e. The lowest BCUT2D eigenvalue weighted by atomic mass is 10.0. The Morgan fingerprint density at radius 1 is 1.00 bits per heavy atom. The first-order valence-electron chi connectivity index (χ1n) is 6.66. The summed E-state index contributed by atoms with van der Waals surface area (Å²) < 4.78 is 6.86. The van der Waals surface area contributed by atoms with Gasteiger partial charge in [0.05, 0.1) is 11.4 Å². The Balaban J connectivity index is 2.49. The number of halogens is 2. The summed E-state index contributed by atoms with van der Waals surface area (Å²) in [4.78, 5) is 0.109. The van der Waals surface area contributed by atoms with E-state index in [0.29, 0.717) is 6.61 Å². The van der Waals surface area contributed by atoms with Crippen LogP contribution < -0.4 is 4.74 Å². The van der Waals surface area contributed by atoms with Crippen LogP contribution in [0.5, 0.6) is 5.75 Å². The van der Waals surface area contributed by atoms with E-state index < -0.39 is 0 Å². The molecule has 0 aliphatic heterocycles. The number of alkyl halides is 1. The highest BCUT2D eigenvalue weighted by Crippen LogP contribution is 2.40. The minimum Gasteiger partial charge on any atom is -0.494 e. The maximum Gasteiger partial charge on any atom is 0.123 e. The van der Waals surface area contributed by atoms with Crippen molar-refractivity contribution >= 4 is 31.9 Å². The molecule has 2 rings (SSSR count). The first-order chi connectivity index (χ1) is 9.52. The van der Waals surface area contributed by atoms with Gasteiger partial charge in [0.25, 0.3) is 0 Å². The topological polar surface area (TPSA) is 9.23 Å². The standard InChI is InChI=1S/C17H18Br2O/c1-4-20-16-8-6-12(3)10-14(16)17(19)13-9-11(2)5-7-15(13)18/h5-10,17H,4H2,1-3H3. The molecule has 0 aliphatic carbocycles. The second-order valence-corrected chi connectivity index (χ2v) is 6.63. The van der Waals surface area contributed by atoms with Crippen LogP contribution in [0.1, 0.15) is 34.0 Å². The zero-order valence-corrected chi connectivity index (χ0v) is 15.1. The number of hydrogen-bond acceptors (Lipinski definition) is 1. The van der Waals surface area contributed by atoms with Crippen molar-refractivity contribution in [3.8, 4) is 5.75 Å². The van der Waals surface area contributed by atoms with E-state index in [1.165, 1.54) is 16.7 Å². The minimum absolute atomic E-state index is 0.109. The first-order valence-corrected chi connectivity index (χ1v) is 8.37. The molecular formula is C17H18Br2O. The molecule has 1 atom stereocenters. The third kappa shape index (κ3) is 3.44. The van der Waals surface area contributed by atoms with Crippen molar-refractivity contribution in [2.45, 2.75) is 25.6 Å². The van der Waals surface area contributed by atoms with Gasteiger partial charge in [-0.2, -0.15) is 0 Å². The number of benzene rings is 2. The summed E-state index contributed by atoms with van der Waals surface area (Å²) in [6.45, 7) is 6.89. The summed E-state index contributed by atoms with van der Waals surface area (Å²) in [5.41, 5.74) is 4.87. The maximum atomic E-state index is 5.76. The highest BCUT2D eigenvalue weighted by atomic mass is 79.9. The number of aryl methyl sites for hydroxylation is 2. The molecule has 0 aliphatic rings. The van der Waals surface area contributed by atoms with Crippen molar-refractivity contribution in [2.24, 2.45) is 0 Å². The van der Waals surface area contributed by atoms with Gasteiger partial charge in [0.15, 0.2) is 0 Å². The summed E-state index contributed by atoms with van der Waals surface area (Å²) >= 11 is 7.46. The van der Waals surface area contributed by atoms with E-state index in [9.17, 15) is 0 Å². The Bertz CT molecular complexity index is 608. The molecule has 0 spiro atoms. The van der Waals surface area contributed by atoms with Crippen molar-refractivity contribution < 1.29 is 4.74 Å². The van der Waals surface area contributed by atoms with Crippen LogP contribution in [0.2, 0.25) is 0 Å². The molecule has 0 saturated heterocycles. The van der Waals surface area contributed by atoms with Crippen LogP contribution in [-0.4, -0.2) is 6.61 Å². The molecule has 0 N–H and O–H groups in total. The second-order valence-electron chi connectivity index (χ2n) is 4.86. The van der Waals surface area contributed by atoms with E-state index in [4.69, 9.17) is 4.74 Å². The van der Waals surface area contributed by atoms with E-state index in [2.05, 4.69) is 76.0 Å². The van der Waals surface area contributed by atoms with Crippen LogP contribution in [0.15, 0.2) is 40.9 Å². The summed E-state index contributed by atoms with van der Waals surface area (Å²) in [6, 6.07) is 12.7. The van der Waals surface area contributed by atoms with Crippen LogP contribution in [0.3, 0.4) is 0 Å². The second kappa shape index (κ2) is 6.77. The van der Waals surface area contributed by atoms with Gasteiger partial charge in [-0.15, -0.1) is 0 Å². The average Bonchev–Trinajstić information content (AvgIpc) is 2.43. The normalized spacial score (nSPS) is 12.2. The van der Waals surface area contributed by atoms with Crippen LogP contribution in [0.4, 0.5) is 0 Å². The molecule has 2 aromatic rings. The summed E-state index contributed by atoms with van der Waals surface area (Å²) in [5, 5.41) is 0. The highest BCUT2D eigenvalue weighted by Gasteiger charge is 2.18. The number of hydrogen-bond donors (Lipinski definition) is 0. The lowest BCUT2D eigenvalue weighted by Gasteiger charge is -2.18. The van der Waals surface area contributed by atoms with Gasteiger partial charge in [-0.3, -0.25) is 0 Å². The van der Waals surface area contributed by atoms with Crippen molar-refractivity contribution in [2.75, 3.05) is 6.61 Å². The molecular weight excluding hydrogens is 380 g/mol. The SMILES string of the molecule is CCOc1ccc(C)cc1C(Br)c1cc(C)ccc1Br. The van der Waals surface area contributed by atoms with Crippen molar-refractivity contribution in [1.82, 2.24) is 0 Å². The van der Waals surface area contributed by atoms with Gasteiger partial charge in [0.2, 0.25) is 0 Å². The fourth-order valence-corrected chi connectivity index (χ4v) is 3.70. The Kier molecular flexibility index (Phi) is 5.28. The summed E-state index contributed by atoms with van der Waals surface area (Å²) in [6.07, 6.45) is 0. The van der Waals surface area contributed by atoms with E-state index >= 15 is 0 Å². The van der Waals surface area contributed by atoms with Gasteiger partial charge in [-0.25, -0.2) is 0 Å². The molecule has 0 heterocycles. The van der Waals surface area contributed by atoms with E-state index in [-0.39, 0.29) is 4.83 Å². The quantitative estimate of drug-likeness (QED) is 0.579. The smallest absolute Gasteiger partial charge is 0.123 e. The van der Waals surface area contributed by atoms with Crippen molar-refractivity contribution in [1.29, 1.82) is 0 Å². The molecule has 0 amide bonds. The van der Waals surface area contributed by atoms with Gasteiger partial charge in [0.1, 0.15) is 5.75 Å². The van der Waals surface area contributed by atoms with E-state index in [1.807, 2.05) is 13.0 Å². The zero-order chi connectivity index (χ0) is 14.7. The minimum atomic E-state index is 0.109. The van der Waals surface area contributed by atoms with E-state index in [1.54, 1.807) is 0 Å². The molecule has 1 unspecified atom stereocenters. The average molecular weight is 398 g/mol. The molecule has 3 heteroatoms. The van der Waals surface area contributed by atoms with Gasteiger partial charge in [-0.05, 0) is 38.5 Å². The van der Waals surface area contributed by atoms with Gasteiger partial charge < -0.3 is 4.74 Å². The fraction of sp³-hybridized carbons (Fsp3) is 0.294. The molecule has 20 heavy (non-hydrogen) atoms. The third-order valence-corrected chi connectivity index (χ3v) is 4.87. The predicted molar refractivity (Wildman–Crippen MR) is 92.0 cm³/mol. The third-order valence-electron chi connectivity index (χ3n) is 3.16. The van der Waals surface area contributed by atoms with Crippen LogP contribution in [0, 0.1) is 13.8 Å². The zero-order valence-electron chi connectivity index (χ0n) is 11.9. The van der Waals surface area contributed by atoms with Crippen LogP contribution in [-0.2, 0) is 0 Å². The van der Waals surface area contributed by atoms with Crippen molar-refractivity contribution in [3.05, 3.63) is 63.1 Å². The molecule has 106 valence electrons. The van der Waals surface area contributed by atoms with Crippen LogP contribution >= 0.6 is 31.9 Å². The summed E-state index contributed by atoms with van der Waals surface area (Å²) in [5.74, 6) is 0.938. The Hall–Kier alpha value is -0.800. The predicted octanol–water partition coefficient (Wildman–Crippen LogP) is 5.95. The number of ether oxygens (including phenoxy) is 1. The van der Waals surface area contributed by atoms with Gasteiger partial charge >= 0.3 is 0 Å². The Labute approximate surface area is 137 Å². The lowest BCUT2D eigenvalue weighted by Crippen LogP contribution is -2.01. The Morgan fingerprint density at radius 2 is 1.60 bits per heavy atom. The lowest BCUT2D eigenvalue weighted by molar-refractivity contribution is 0.337. The highest BCUT2D eigenvalue weighted by molar-refractivity contribution is 9.11. The monoisotopic (exact) mass is 396 g/mol. The first kappa shape index (κ1) is 15.6. The number of rotatable bonds is 4. The molecule has 0 aromatic heterocycles. The van der Waals surface area contributed by atoms with Crippen molar-refractivity contribution in [3.63, 3.8) is 0 Å². The molecule has 1 nitrogen and oxygen atoms in total. The van der Waals surface area contributed by atoms with Gasteiger partial charge in [0, 0.05) is 10.0 Å². The molecule has 2 aromatic carbocycles. The van der Waals surface area contributed by atoms with Crippen LogP contribution in [0.25, 0.3) is 0 Å². The van der Waals surface area contributed by atoms with E-state index in [0.717, 1.165) is 15.8 Å². The Morgan fingerprint density at radius 3 is 2.25 bits per heavy atom. The fourth-order valence-electron chi connectivity index (χ4n) is 2.18. The molecule has 0 fully saturated rings. The maximum absolute atomic E-state index is 5.76. The van der Waals surface area contributed by atoms with Gasteiger partial charge in [-0.1, -0.05) is 67.3 Å². The molecule has 0 bridgehead atoms. The molecule has 0 saturated carbocycles. The molecule has 0 radical (unpaired) electrons. The summed E-state index contributed by atoms with van der Waals surface area (Å²) in [7, 11) is 0.